The molecule has 2 fully saturated rings. The summed E-state index contributed by atoms with van der Waals surface area (Å²) in [5, 5.41) is 2.37. The zero-order chi connectivity index (χ0) is 16.2. The van der Waals surface area contributed by atoms with Gasteiger partial charge in [0.25, 0.3) is 5.54 Å². The SMILES string of the molecule is CCOC(=O)C1(C(=O)OCC)NC(=O)OC1C1CCCCC1. The van der Waals surface area contributed by atoms with Gasteiger partial charge in [-0.3, -0.25) is 5.32 Å². The summed E-state index contributed by atoms with van der Waals surface area (Å²) < 4.78 is 15.4. The topological polar surface area (TPSA) is 90.9 Å². The second kappa shape index (κ2) is 6.98. The van der Waals surface area contributed by atoms with Crippen molar-refractivity contribution in [2.45, 2.75) is 57.6 Å². The number of carbonyl (C=O) groups is 3. The Balaban J connectivity index is 2.35. The molecule has 1 heterocycles. The van der Waals surface area contributed by atoms with Crippen LogP contribution in [0, 0.1) is 5.92 Å². The molecule has 0 radical (unpaired) electrons. The van der Waals surface area contributed by atoms with Gasteiger partial charge in [-0.15, -0.1) is 0 Å². The molecule has 1 N–H and O–H groups in total. The number of ether oxygens (including phenoxy) is 3. The molecular weight excluding hydrogens is 290 g/mol. The first-order valence-electron chi connectivity index (χ1n) is 7.89. The Bertz CT molecular complexity index is 425. The lowest BCUT2D eigenvalue weighted by Crippen LogP contribution is -2.64. The molecule has 1 atom stereocenters. The molecule has 0 aromatic carbocycles. The maximum atomic E-state index is 12.5. The van der Waals surface area contributed by atoms with Crippen molar-refractivity contribution >= 4 is 18.0 Å². The van der Waals surface area contributed by atoms with Crippen LogP contribution in [0.4, 0.5) is 4.79 Å². The van der Waals surface area contributed by atoms with Crippen LogP contribution in [-0.4, -0.2) is 42.9 Å². The van der Waals surface area contributed by atoms with Gasteiger partial charge in [0.05, 0.1) is 13.2 Å². The van der Waals surface area contributed by atoms with Crippen LogP contribution in [0.3, 0.4) is 0 Å². The van der Waals surface area contributed by atoms with Crippen molar-refractivity contribution in [2.24, 2.45) is 5.92 Å². The van der Waals surface area contributed by atoms with E-state index in [0.29, 0.717) is 0 Å². The second-order valence-electron chi connectivity index (χ2n) is 5.60. The minimum atomic E-state index is -1.88. The predicted octanol–water partition coefficient (Wildman–Crippen LogP) is 1.54. The maximum Gasteiger partial charge on any atom is 0.409 e. The van der Waals surface area contributed by atoms with E-state index in [-0.39, 0.29) is 19.1 Å². The largest absolute Gasteiger partial charge is 0.464 e. The van der Waals surface area contributed by atoms with Gasteiger partial charge in [0.15, 0.2) is 6.10 Å². The van der Waals surface area contributed by atoms with E-state index < -0.39 is 29.7 Å². The number of hydrogen-bond donors (Lipinski definition) is 1. The highest BCUT2D eigenvalue weighted by Crippen LogP contribution is 2.37. The first-order chi connectivity index (χ1) is 10.6. The molecule has 1 saturated carbocycles. The molecule has 0 aromatic heterocycles. The molecule has 0 spiro atoms. The molecule has 1 aliphatic heterocycles. The van der Waals surface area contributed by atoms with Gasteiger partial charge in [-0.05, 0) is 32.6 Å². The second-order valence-corrected chi connectivity index (χ2v) is 5.60. The van der Waals surface area contributed by atoms with Gasteiger partial charge in [-0.25, -0.2) is 14.4 Å². The maximum absolute atomic E-state index is 12.5. The van der Waals surface area contributed by atoms with Gasteiger partial charge in [0.2, 0.25) is 0 Å². The van der Waals surface area contributed by atoms with Crippen molar-refractivity contribution in [1.82, 2.24) is 5.32 Å². The molecule has 7 nitrogen and oxygen atoms in total. The van der Waals surface area contributed by atoms with Gasteiger partial charge in [0.1, 0.15) is 0 Å². The minimum absolute atomic E-state index is 0.0542. The molecule has 0 bridgehead atoms. The van der Waals surface area contributed by atoms with E-state index in [1.807, 2.05) is 0 Å². The molecule has 124 valence electrons. The number of rotatable bonds is 5. The molecule has 1 unspecified atom stereocenters. The van der Waals surface area contributed by atoms with Crippen molar-refractivity contribution in [3.8, 4) is 0 Å². The van der Waals surface area contributed by atoms with Crippen molar-refractivity contribution in [1.29, 1.82) is 0 Å². The summed E-state index contributed by atoms with van der Waals surface area (Å²) in [4.78, 5) is 36.7. The molecule has 1 saturated heterocycles. The average Bonchev–Trinajstić information content (AvgIpc) is 2.87. The van der Waals surface area contributed by atoms with Gasteiger partial charge >= 0.3 is 18.0 Å². The lowest BCUT2D eigenvalue weighted by Gasteiger charge is -2.34. The Kier molecular flexibility index (Phi) is 5.26. The molecule has 2 rings (SSSR count). The Labute approximate surface area is 129 Å². The van der Waals surface area contributed by atoms with Gasteiger partial charge in [0, 0.05) is 0 Å². The normalized spacial score (nSPS) is 24.3. The zero-order valence-electron chi connectivity index (χ0n) is 13.1. The number of carbonyl (C=O) groups excluding carboxylic acids is 3. The number of alkyl carbamates (subject to hydrolysis) is 1. The van der Waals surface area contributed by atoms with Crippen molar-refractivity contribution in [3.63, 3.8) is 0 Å². The fourth-order valence-corrected chi connectivity index (χ4v) is 3.26. The Morgan fingerprint density at radius 1 is 1.14 bits per heavy atom. The summed E-state index contributed by atoms with van der Waals surface area (Å²) in [7, 11) is 0. The van der Waals surface area contributed by atoms with E-state index in [4.69, 9.17) is 14.2 Å². The summed E-state index contributed by atoms with van der Waals surface area (Å²) in [5.74, 6) is -1.67. The van der Waals surface area contributed by atoms with Gasteiger partial charge < -0.3 is 14.2 Å². The molecule has 1 amide bonds. The van der Waals surface area contributed by atoms with Crippen LogP contribution < -0.4 is 5.32 Å². The van der Waals surface area contributed by atoms with E-state index in [1.54, 1.807) is 13.8 Å². The lowest BCUT2D eigenvalue weighted by atomic mass is 9.77. The number of esters is 2. The summed E-state index contributed by atoms with van der Waals surface area (Å²) in [6.07, 6.45) is 3.03. The van der Waals surface area contributed by atoms with E-state index in [1.165, 1.54) is 0 Å². The Morgan fingerprint density at radius 3 is 2.18 bits per heavy atom. The monoisotopic (exact) mass is 313 g/mol. The quantitative estimate of drug-likeness (QED) is 0.470. The molecule has 22 heavy (non-hydrogen) atoms. The van der Waals surface area contributed by atoms with E-state index >= 15 is 0 Å². The van der Waals surface area contributed by atoms with E-state index in [9.17, 15) is 14.4 Å². The number of cyclic esters (lactones) is 1. The van der Waals surface area contributed by atoms with Crippen LogP contribution in [0.15, 0.2) is 0 Å². The summed E-state index contributed by atoms with van der Waals surface area (Å²) >= 11 is 0. The van der Waals surface area contributed by atoms with E-state index in [0.717, 1.165) is 32.1 Å². The zero-order valence-corrected chi connectivity index (χ0v) is 13.1. The van der Waals surface area contributed by atoms with Crippen molar-refractivity contribution in [3.05, 3.63) is 0 Å². The van der Waals surface area contributed by atoms with Gasteiger partial charge in [-0.1, -0.05) is 19.3 Å². The fraction of sp³-hybridized carbons (Fsp3) is 0.800. The summed E-state index contributed by atoms with van der Waals surface area (Å²) in [5.41, 5.74) is -1.88. The highest BCUT2D eigenvalue weighted by molar-refractivity contribution is 6.09. The van der Waals surface area contributed by atoms with E-state index in [2.05, 4.69) is 5.32 Å². The third kappa shape index (κ3) is 2.89. The molecule has 0 aromatic rings. The molecule has 2 aliphatic rings. The molecule has 1 aliphatic carbocycles. The number of hydrogen-bond acceptors (Lipinski definition) is 6. The third-order valence-electron chi connectivity index (χ3n) is 4.23. The van der Waals surface area contributed by atoms with Crippen LogP contribution in [0.1, 0.15) is 46.0 Å². The smallest absolute Gasteiger partial charge is 0.409 e. The summed E-state index contributed by atoms with van der Waals surface area (Å²) in [6, 6.07) is 0. The van der Waals surface area contributed by atoms with Crippen LogP contribution in [0.2, 0.25) is 0 Å². The van der Waals surface area contributed by atoms with Crippen LogP contribution in [-0.2, 0) is 23.8 Å². The first-order valence-corrected chi connectivity index (χ1v) is 7.89. The fourth-order valence-electron chi connectivity index (χ4n) is 3.26. The third-order valence-corrected chi connectivity index (χ3v) is 4.23. The van der Waals surface area contributed by atoms with Crippen LogP contribution in [0.25, 0.3) is 0 Å². The average molecular weight is 313 g/mol. The highest BCUT2D eigenvalue weighted by Gasteiger charge is 2.64. The molecule has 7 heteroatoms. The standard InChI is InChI=1S/C15H23NO6/c1-3-20-12(17)15(13(18)21-4-2)11(22-14(19)16-15)10-8-6-5-7-9-10/h10-11H,3-9H2,1-2H3,(H,16,19). The van der Waals surface area contributed by atoms with Crippen LogP contribution in [0.5, 0.6) is 0 Å². The minimum Gasteiger partial charge on any atom is -0.464 e. The lowest BCUT2D eigenvalue weighted by molar-refractivity contribution is -0.170. The highest BCUT2D eigenvalue weighted by atomic mass is 16.6. The number of amides is 1. The van der Waals surface area contributed by atoms with Crippen molar-refractivity contribution < 1.29 is 28.6 Å². The first kappa shape index (κ1) is 16.6. The number of nitrogens with one attached hydrogen (secondary N) is 1. The van der Waals surface area contributed by atoms with Gasteiger partial charge in [-0.2, -0.15) is 0 Å². The Morgan fingerprint density at radius 2 is 1.68 bits per heavy atom. The summed E-state index contributed by atoms with van der Waals surface area (Å²) in [6.45, 7) is 3.49. The van der Waals surface area contributed by atoms with Crippen molar-refractivity contribution in [2.75, 3.05) is 13.2 Å². The predicted molar refractivity (Wildman–Crippen MR) is 76.0 cm³/mol. The van der Waals surface area contributed by atoms with Crippen LogP contribution >= 0.6 is 0 Å². The molecular formula is C15H23NO6. The Hall–Kier alpha value is -1.79.